The molecule has 0 bridgehead atoms. The molecule has 4 fully saturated rings. The summed E-state index contributed by atoms with van der Waals surface area (Å²) in [4.78, 5) is 160. The molecule has 0 saturated heterocycles. The molecule has 4 amide bonds. The monoisotopic (exact) mass is 1830 g/mol. The Bertz CT molecular complexity index is 5710. The average Bonchev–Trinajstić information content (AvgIpc) is 0.698. The van der Waals surface area contributed by atoms with E-state index in [1.165, 1.54) is 88.1 Å². The number of aliphatic hydroxyl groups is 16. The van der Waals surface area contributed by atoms with Crippen LogP contribution in [0.1, 0.15) is 118 Å². The van der Waals surface area contributed by atoms with Crippen molar-refractivity contribution < 1.29 is 160 Å². The molecule has 132 heavy (non-hydrogen) atoms. The Morgan fingerprint density at radius 2 is 0.500 bits per heavy atom. The van der Waals surface area contributed by atoms with Gasteiger partial charge in [-0.1, -0.05) is 64.1 Å². The molecule has 0 aromatic heterocycles. The highest BCUT2D eigenvalue weighted by Gasteiger charge is 2.74. The van der Waals surface area contributed by atoms with Gasteiger partial charge in [-0.25, -0.2) is 0 Å². The lowest BCUT2D eigenvalue weighted by Gasteiger charge is -2.53. The molecule has 4 saturated carbocycles. The Balaban J connectivity index is 0.000000150. The normalized spacial score (nSPS) is 33.7. The lowest BCUT2D eigenvalue weighted by molar-refractivity contribution is -0.170. The van der Waals surface area contributed by atoms with E-state index < -0.39 is 303 Å². The number of phenols is 4. The number of fused-ring (bicyclic) bond motifs is 12. The minimum Gasteiger partial charge on any atom is -0.508 e. The van der Waals surface area contributed by atoms with Gasteiger partial charge in [0, 0.05) is 46.0 Å². The molecule has 4 aromatic carbocycles. The van der Waals surface area contributed by atoms with Gasteiger partial charge in [0.1, 0.15) is 91.4 Å². The zero-order chi connectivity index (χ0) is 98.9. The smallest absolute Gasteiger partial charge is 0.255 e. The van der Waals surface area contributed by atoms with Crippen molar-refractivity contribution in [2.75, 3.05) is 56.4 Å². The number of primary amides is 4. The van der Waals surface area contributed by atoms with Crippen molar-refractivity contribution in [1.29, 1.82) is 0 Å². The molecular formula is C92H104N8O32. The summed E-state index contributed by atoms with van der Waals surface area (Å²) in [5.74, 6) is -35.4. The topological polar surface area (TPSA) is 726 Å². The summed E-state index contributed by atoms with van der Waals surface area (Å²) < 4.78 is 0. The van der Waals surface area contributed by atoms with Crippen molar-refractivity contribution >= 4 is 92.9 Å². The minimum atomic E-state index is -2.90. The molecule has 704 valence electrons. The summed E-state index contributed by atoms with van der Waals surface area (Å²) in [6, 6.07) is 7.11. The second-order valence-electron chi connectivity index (χ2n) is 37.0. The third-order valence-corrected chi connectivity index (χ3v) is 29.3. The van der Waals surface area contributed by atoms with Crippen LogP contribution in [0.25, 0.3) is 23.0 Å². The highest BCUT2D eigenvalue weighted by molar-refractivity contribution is 6.28. The van der Waals surface area contributed by atoms with E-state index in [4.69, 9.17) is 22.9 Å². The maximum atomic E-state index is 13.7. The van der Waals surface area contributed by atoms with Gasteiger partial charge < -0.3 is 125 Å². The van der Waals surface area contributed by atoms with Crippen LogP contribution >= 0.6 is 0 Å². The van der Waals surface area contributed by atoms with Crippen molar-refractivity contribution in [2.24, 2.45) is 70.3 Å². The van der Waals surface area contributed by atoms with Gasteiger partial charge in [-0.15, -0.1) is 0 Å². The van der Waals surface area contributed by atoms with Gasteiger partial charge in [0.15, 0.2) is 45.5 Å². The van der Waals surface area contributed by atoms with Gasteiger partial charge in [0.25, 0.3) is 23.6 Å². The quantitative estimate of drug-likeness (QED) is 0.0962. The van der Waals surface area contributed by atoms with Gasteiger partial charge in [-0.05, 0) is 164 Å². The fourth-order valence-electron chi connectivity index (χ4n) is 23.3. The number of ketones is 8. The molecule has 8 unspecified atom stereocenters. The number of aromatic hydroxyl groups is 4. The molecule has 4 aromatic rings. The molecule has 12 aliphatic carbocycles. The van der Waals surface area contributed by atoms with E-state index in [2.05, 4.69) is 0 Å². The first-order chi connectivity index (χ1) is 61.1. The molecular weight excluding hydrogens is 1730 g/mol. The number of carbonyl (C=O) groups is 12. The summed E-state index contributed by atoms with van der Waals surface area (Å²) in [5, 5.41) is 222. The number of benzene rings is 4. The molecule has 16 rings (SSSR count). The van der Waals surface area contributed by atoms with Crippen LogP contribution in [0.15, 0.2) is 116 Å². The predicted octanol–water partition coefficient (Wildman–Crippen LogP) is -0.783. The van der Waals surface area contributed by atoms with Gasteiger partial charge in [0.05, 0.1) is 94.5 Å². The van der Waals surface area contributed by atoms with Crippen molar-refractivity contribution in [3.8, 4) is 23.0 Å². The second kappa shape index (κ2) is 32.6. The Morgan fingerprint density at radius 3 is 0.705 bits per heavy atom. The number of Topliss-reactive ketones (excluding diaryl/α,β-unsaturated/α-hetero) is 8. The number of nitrogens with two attached hydrogens (primary N) is 4. The molecule has 24 atom stereocenters. The van der Waals surface area contributed by atoms with E-state index in [9.17, 15) is 160 Å². The van der Waals surface area contributed by atoms with Crippen molar-refractivity contribution in [3.05, 3.63) is 183 Å². The van der Waals surface area contributed by atoms with Crippen LogP contribution in [-0.2, 0) is 57.5 Å². The number of amides is 4. The van der Waals surface area contributed by atoms with E-state index >= 15 is 0 Å². The molecule has 0 heterocycles. The number of rotatable bonds is 8. The van der Waals surface area contributed by atoms with E-state index in [1.54, 1.807) is 91.8 Å². The number of likely N-dealkylation sites (N-methyl/N-ethyl adjacent to an activating group) is 4. The van der Waals surface area contributed by atoms with Crippen molar-refractivity contribution in [2.45, 2.75) is 150 Å². The second-order valence-corrected chi connectivity index (χ2v) is 37.0. The lowest BCUT2D eigenvalue weighted by atomic mass is 9.54. The zero-order valence-electron chi connectivity index (χ0n) is 74.1. The maximum absolute atomic E-state index is 13.7. The Hall–Kier alpha value is -12.8. The minimum absolute atomic E-state index is 0.00834. The van der Waals surface area contributed by atoms with E-state index in [0.29, 0.717) is 44.5 Å². The van der Waals surface area contributed by atoms with Crippen molar-refractivity contribution in [3.63, 3.8) is 0 Å². The first kappa shape index (κ1) is 96.7. The third-order valence-electron chi connectivity index (χ3n) is 29.3. The Labute approximate surface area is 751 Å². The van der Waals surface area contributed by atoms with Crippen LogP contribution in [0.4, 0.5) is 0 Å². The number of carbonyl (C=O) groups excluding carboxylic acids is 12. The fourth-order valence-corrected chi connectivity index (χ4v) is 23.3. The first-order valence-corrected chi connectivity index (χ1v) is 41.7. The summed E-state index contributed by atoms with van der Waals surface area (Å²) >= 11 is 0. The Kier molecular flexibility index (Phi) is 23.9. The van der Waals surface area contributed by atoms with Crippen LogP contribution in [0.2, 0.25) is 0 Å². The molecule has 12 aliphatic rings. The average molecular weight is 1830 g/mol. The number of phenolic OH excluding ortho intramolecular Hbond substituents is 4. The highest BCUT2D eigenvalue weighted by atomic mass is 16.4. The SMILES string of the molecule is Cc1ccc(O)c2c1[C@H](C)C1C(=C2O)C(=O)[C@]2(O)C(O)=C(C(N)=O)C(=O)[C@@H](N(C)C)C2[C@H]1O.Cc1ccc(O)c2c1[C@H](C)C1C(=C2O)C(=O)[C@]2(O)C(O)=C(C(N)=O)C(=O)[C@@H](N(C)C)C2[C@H]1O.Cc1ccc2c(c1O)C(O)=C1C(=O)[C@]3(O)C(O)=C(C(N)=O)C(=O)[C@@H](N(C)C)C3[C@@H](O)C1[C@H]2C.Cc1ccc2c(c1O)C(O)=C1C(=O)[C@]3(O)C(O)=C(C(N)=O)C(=O)[C@@H](N(C)C)C3[C@@H](O)C1[C@H]2C. The van der Waals surface area contributed by atoms with Crippen LogP contribution < -0.4 is 22.9 Å². The van der Waals surface area contributed by atoms with E-state index in [0.717, 1.165) is 0 Å². The van der Waals surface area contributed by atoms with Gasteiger partial charge in [0.2, 0.25) is 23.1 Å². The molecule has 28 N–H and O–H groups in total. The number of aliphatic hydroxyl groups excluding tert-OH is 12. The summed E-state index contributed by atoms with van der Waals surface area (Å²) in [7, 11) is 11.7. The molecule has 0 radical (unpaired) electrons. The largest absolute Gasteiger partial charge is 0.508 e. The third kappa shape index (κ3) is 12.8. The molecule has 0 spiro atoms. The van der Waals surface area contributed by atoms with Crippen LogP contribution in [-0.4, -0.2) is 319 Å². The molecule has 0 aliphatic heterocycles. The van der Waals surface area contributed by atoms with Crippen LogP contribution in [0, 0.1) is 75.0 Å². The highest BCUT2D eigenvalue weighted by Crippen LogP contribution is 2.63. The van der Waals surface area contributed by atoms with Gasteiger partial charge >= 0.3 is 0 Å². The van der Waals surface area contributed by atoms with Gasteiger partial charge in [-0.3, -0.25) is 77.1 Å². The van der Waals surface area contributed by atoms with E-state index in [1.807, 2.05) is 0 Å². The van der Waals surface area contributed by atoms with Crippen molar-refractivity contribution in [1.82, 2.24) is 19.6 Å². The molecule has 40 nitrogen and oxygen atoms in total. The number of aryl methyl sites for hydroxylation is 4. The van der Waals surface area contributed by atoms with Crippen LogP contribution in [0.3, 0.4) is 0 Å². The number of hydrogen-bond acceptors (Lipinski definition) is 36. The summed E-state index contributed by atoms with van der Waals surface area (Å²) in [6.45, 7) is 13.5. The number of hydrogen-bond donors (Lipinski definition) is 24. The fraction of sp³-hybridized carbons (Fsp3) is 0.435. The van der Waals surface area contributed by atoms with Crippen LogP contribution in [0.5, 0.6) is 23.0 Å². The summed E-state index contributed by atoms with van der Waals surface area (Å²) in [6.07, 6.45) is -6.38. The predicted molar refractivity (Wildman–Crippen MR) is 460 cm³/mol. The summed E-state index contributed by atoms with van der Waals surface area (Å²) in [5.41, 5.74) is 8.37. The lowest BCUT2D eigenvalue weighted by Crippen LogP contribution is -2.70. The standard InChI is InChI=1S/4C23H26N2O8/c2*1-7-5-6-9(26)12-10(7)8(2)11-13(17(12)27)20(30)23(33)15(18(11)28)16(25(3)4)19(29)14(21(23)31)22(24)32;2*1-7-5-6-9-8(2)10-12(17(27)11(9)16(7)26)20(30)23(33)14(18(10)28)15(25(3)4)19(29)13(21(23)31)22(24)32/h2*5-6,8,11,15-16,18,26-28,31,33H,1-4H3,(H2,24,32);2*5-6,8,10,14-15,18,26-28,31,33H,1-4H3,(H2,24,32)/t2*8-,11?,15?,16-,18-,23-;2*8-,10?,14?,15-,18-,23-/m0000/s1. The molecule has 40 heteroatoms. The van der Waals surface area contributed by atoms with E-state index in [-0.39, 0.29) is 45.3 Å². The number of nitrogens with zero attached hydrogens (tertiary/aromatic N) is 4. The van der Waals surface area contributed by atoms with Gasteiger partial charge in [-0.2, -0.15) is 0 Å². The Morgan fingerprint density at radius 1 is 0.303 bits per heavy atom. The zero-order valence-corrected chi connectivity index (χ0v) is 74.1. The maximum Gasteiger partial charge on any atom is 0.255 e. The first-order valence-electron chi connectivity index (χ1n) is 41.7.